The Hall–Kier alpha value is -3.02. The van der Waals surface area contributed by atoms with E-state index in [0.717, 1.165) is 38.3 Å². The number of carbonyl (C=O) groups excluding carboxylic acids is 1. The third-order valence-electron chi connectivity index (χ3n) is 5.79. The largest absolute Gasteiger partial charge is 0.339 e. The molecule has 1 aliphatic heterocycles. The van der Waals surface area contributed by atoms with E-state index in [1.807, 2.05) is 47.5 Å². The summed E-state index contributed by atoms with van der Waals surface area (Å²) in [6, 6.07) is 24.5. The second kappa shape index (κ2) is 10.8. The van der Waals surface area contributed by atoms with Crippen LogP contribution in [0.1, 0.15) is 16.7 Å². The minimum absolute atomic E-state index is 0.187. The number of piperazine rings is 1. The fourth-order valence-electron chi connectivity index (χ4n) is 4.03. The van der Waals surface area contributed by atoms with Crippen LogP contribution in [0.5, 0.6) is 0 Å². The molecule has 0 bridgehead atoms. The summed E-state index contributed by atoms with van der Waals surface area (Å²) >= 11 is 0. The predicted molar refractivity (Wildman–Crippen MR) is 123 cm³/mol. The standard InChI is InChI=1S/C26H30N4O/c31-26(30-16-14-29(15-17-30)21-23-10-5-2-6-11-23)25(18-22-8-3-1-4-9-22)28-20-24-12-7-13-27-19-24/h1-13,19,25,28H,14-18,20-21H2/t25-/m0/s1. The molecule has 1 atom stereocenters. The van der Waals surface area contributed by atoms with Gasteiger partial charge in [-0.15, -0.1) is 0 Å². The van der Waals surface area contributed by atoms with Crippen LogP contribution in [0.25, 0.3) is 0 Å². The first-order valence-electron chi connectivity index (χ1n) is 11.0. The average molecular weight is 415 g/mol. The lowest BCUT2D eigenvalue weighted by molar-refractivity contribution is -0.135. The highest BCUT2D eigenvalue weighted by Gasteiger charge is 2.27. The molecule has 0 saturated carbocycles. The van der Waals surface area contributed by atoms with Crippen LogP contribution in [0.4, 0.5) is 0 Å². The van der Waals surface area contributed by atoms with Gasteiger partial charge in [0.2, 0.25) is 5.91 Å². The molecule has 4 rings (SSSR count). The number of nitrogens with one attached hydrogen (secondary N) is 1. The van der Waals surface area contributed by atoms with Gasteiger partial charge in [0.1, 0.15) is 0 Å². The van der Waals surface area contributed by atoms with Gasteiger partial charge in [0.25, 0.3) is 0 Å². The Bertz CT molecular complexity index is 925. The Morgan fingerprint density at radius 3 is 2.13 bits per heavy atom. The number of rotatable bonds is 8. The maximum absolute atomic E-state index is 13.4. The number of benzene rings is 2. The number of nitrogens with zero attached hydrogens (tertiary/aromatic N) is 3. The van der Waals surface area contributed by atoms with E-state index in [9.17, 15) is 4.79 Å². The van der Waals surface area contributed by atoms with Gasteiger partial charge in [-0.2, -0.15) is 0 Å². The number of amides is 1. The zero-order chi connectivity index (χ0) is 21.3. The van der Waals surface area contributed by atoms with E-state index in [4.69, 9.17) is 0 Å². The molecule has 31 heavy (non-hydrogen) atoms. The number of hydrogen-bond donors (Lipinski definition) is 1. The van der Waals surface area contributed by atoms with Crippen molar-refractivity contribution >= 4 is 5.91 Å². The first kappa shape index (κ1) is 21.2. The van der Waals surface area contributed by atoms with Crippen molar-refractivity contribution in [1.82, 2.24) is 20.1 Å². The molecule has 2 heterocycles. The molecule has 3 aromatic rings. The normalized spacial score (nSPS) is 15.5. The molecule has 5 nitrogen and oxygen atoms in total. The molecule has 0 spiro atoms. The lowest BCUT2D eigenvalue weighted by Crippen LogP contribution is -2.54. The van der Waals surface area contributed by atoms with Crippen LogP contribution in [-0.2, 0) is 24.3 Å². The maximum atomic E-state index is 13.4. The second-order valence-electron chi connectivity index (χ2n) is 8.07. The number of hydrogen-bond acceptors (Lipinski definition) is 4. The molecular weight excluding hydrogens is 384 g/mol. The van der Waals surface area contributed by atoms with E-state index in [0.29, 0.717) is 13.0 Å². The van der Waals surface area contributed by atoms with Gasteiger partial charge in [0.05, 0.1) is 6.04 Å². The molecule has 2 aromatic carbocycles. The molecule has 1 aliphatic rings. The van der Waals surface area contributed by atoms with Gasteiger partial charge >= 0.3 is 0 Å². The number of aromatic nitrogens is 1. The van der Waals surface area contributed by atoms with Gasteiger partial charge in [-0.1, -0.05) is 66.7 Å². The van der Waals surface area contributed by atoms with Crippen LogP contribution in [0.2, 0.25) is 0 Å². The highest BCUT2D eigenvalue weighted by Crippen LogP contribution is 2.12. The monoisotopic (exact) mass is 414 g/mol. The summed E-state index contributed by atoms with van der Waals surface area (Å²) in [5, 5.41) is 3.49. The van der Waals surface area contributed by atoms with E-state index in [1.54, 1.807) is 6.20 Å². The minimum Gasteiger partial charge on any atom is -0.339 e. The Morgan fingerprint density at radius 2 is 1.48 bits per heavy atom. The lowest BCUT2D eigenvalue weighted by atomic mass is 10.0. The maximum Gasteiger partial charge on any atom is 0.240 e. The molecule has 1 fully saturated rings. The topological polar surface area (TPSA) is 48.5 Å². The minimum atomic E-state index is -0.247. The fourth-order valence-corrected chi connectivity index (χ4v) is 4.03. The van der Waals surface area contributed by atoms with Crippen molar-refractivity contribution in [3.05, 3.63) is 102 Å². The van der Waals surface area contributed by atoms with Crippen molar-refractivity contribution in [3.8, 4) is 0 Å². The van der Waals surface area contributed by atoms with Gasteiger partial charge in [0.15, 0.2) is 0 Å². The zero-order valence-electron chi connectivity index (χ0n) is 17.9. The fraction of sp³-hybridized carbons (Fsp3) is 0.308. The third kappa shape index (κ3) is 6.23. The lowest BCUT2D eigenvalue weighted by Gasteiger charge is -2.36. The second-order valence-corrected chi connectivity index (χ2v) is 8.07. The summed E-state index contributed by atoms with van der Waals surface area (Å²) in [7, 11) is 0. The highest BCUT2D eigenvalue weighted by molar-refractivity contribution is 5.82. The summed E-state index contributed by atoms with van der Waals surface area (Å²) in [5.74, 6) is 0.187. The van der Waals surface area contributed by atoms with Crippen molar-refractivity contribution in [2.24, 2.45) is 0 Å². The van der Waals surface area contributed by atoms with Crippen LogP contribution in [0.3, 0.4) is 0 Å². The van der Waals surface area contributed by atoms with E-state index >= 15 is 0 Å². The summed E-state index contributed by atoms with van der Waals surface area (Å²) < 4.78 is 0. The van der Waals surface area contributed by atoms with Crippen molar-refractivity contribution in [3.63, 3.8) is 0 Å². The molecule has 1 saturated heterocycles. The van der Waals surface area contributed by atoms with Crippen molar-refractivity contribution < 1.29 is 4.79 Å². The van der Waals surface area contributed by atoms with Crippen LogP contribution >= 0.6 is 0 Å². The summed E-state index contributed by atoms with van der Waals surface area (Å²) in [6.07, 6.45) is 4.30. The van der Waals surface area contributed by atoms with Crippen LogP contribution < -0.4 is 5.32 Å². The molecule has 0 radical (unpaired) electrons. The summed E-state index contributed by atoms with van der Waals surface area (Å²) in [4.78, 5) is 22.0. The highest BCUT2D eigenvalue weighted by atomic mass is 16.2. The van der Waals surface area contributed by atoms with E-state index in [2.05, 4.69) is 51.6 Å². The van der Waals surface area contributed by atoms with Crippen molar-refractivity contribution in [2.75, 3.05) is 26.2 Å². The van der Waals surface area contributed by atoms with Crippen LogP contribution in [-0.4, -0.2) is 52.9 Å². The van der Waals surface area contributed by atoms with Gasteiger partial charge in [-0.3, -0.25) is 14.7 Å². The van der Waals surface area contributed by atoms with Crippen LogP contribution in [0.15, 0.2) is 85.2 Å². The molecule has 0 aliphatic carbocycles. The average Bonchev–Trinajstić information content (AvgIpc) is 2.84. The number of pyridine rings is 1. The summed E-state index contributed by atoms with van der Waals surface area (Å²) in [6.45, 7) is 4.92. The van der Waals surface area contributed by atoms with E-state index < -0.39 is 0 Å². The first-order chi connectivity index (χ1) is 15.3. The molecule has 160 valence electrons. The van der Waals surface area contributed by atoms with Crippen molar-refractivity contribution in [2.45, 2.75) is 25.6 Å². The Morgan fingerprint density at radius 1 is 0.839 bits per heavy atom. The number of carbonyl (C=O) groups is 1. The predicted octanol–water partition coefficient (Wildman–Crippen LogP) is 3.13. The van der Waals surface area contributed by atoms with E-state index in [-0.39, 0.29) is 11.9 Å². The van der Waals surface area contributed by atoms with Crippen molar-refractivity contribution in [1.29, 1.82) is 0 Å². The van der Waals surface area contributed by atoms with Gasteiger partial charge < -0.3 is 10.2 Å². The third-order valence-corrected chi connectivity index (χ3v) is 5.79. The Kier molecular flexibility index (Phi) is 7.42. The van der Waals surface area contributed by atoms with Crippen LogP contribution in [0, 0.1) is 0 Å². The quantitative estimate of drug-likeness (QED) is 0.615. The molecule has 1 amide bonds. The molecule has 0 unspecified atom stereocenters. The summed E-state index contributed by atoms with van der Waals surface area (Å²) in [5.41, 5.74) is 3.57. The zero-order valence-corrected chi connectivity index (χ0v) is 17.9. The Balaban J connectivity index is 1.36. The smallest absolute Gasteiger partial charge is 0.240 e. The van der Waals surface area contributed by atoms with Gasteiger partial charge in [0, 0.05) is 51.7 Å². The first-order valence-corrected chi connectivity index (χ1v) is 11.0. The molecular formula is C26H30N4O. The van der Waals surface area contributed by atoms with Gasteiger partial charge in [-0.25, -0.2) is 0 Å². The molecule has 5 heteroatoms. The Labute approximate surface area is 184 Å². The molecule has 1 N–H and O–H groups in total. The van der Waals surface area contributed by atoms with E-state index in [1.165, 1.54) is 11.1 Å². The van der Waals surface area contributed by atoms with Gasteiger partial charge in [-0.05, 0) is 29.2 Å². The SMILES string of the molecule is O=C([C@H](Cc1ccccc1)NCc1cccnc1)N1CCN(Cc2ccccc2)CC1. The molecule has 1 aromatic heterocycles.